The van der Waals surface area contributed by atoms with Crippen molar-refractivity contribution in [2.75, 3.05) is 6.61 Å². The first-order valence-corrected chi connectivity index (χ1v) is 19.6. The summed E-state index contributed by atoms with van der Waals surface area (Å²) < 4.78 is 59.7. The van der Waals surface area contributed by atoms with Crippen LogP contribution in [-0.4, -0.2) is 63.8 Å². The first-order valence-electron chi connectivity index (χ1n) is 14.0. The third-order valence-electron chi connectivity index (χ3n) is 7.38. The molecule has 20 heteroatoms. The third kappa shape index (κ3) is 7.64. The summed E-state index contributed by atoms with van der Waals surface area (Å²) in [6, 6.07) is 20.4. The van der Waals surface area contributed by atoms with Gasteiger partial charge in [-0.1, -0.05) is 70.5 Å². The molecule has 1 fully saturated rings. The largest absolute Gasteiger partial charge is 0.488 e. The number of phosphoric acid groups is 2. The number of hydrogen-bond donors (Lipinski definition) is 5. The van der Waals surface area contributed by atoms with Crippen LogP contribution in [0.4, 0.5) is 0 Å². The molecule has 5 aromatic rings. The van der Waals surface area contributed by atoms with Crippen LogP contribution in [0.2, 0.25) is 0 Å². The Morgan fingerprint density at radius 2 is 1.58 bits per heavy atom. The van der Waals surface area contributed by atoms with Gasteiger partial charge in [-0.15, -0.1) is 0 Å². The molecule has 0 spiro atoms. The molecular formula is C28H27BrN3O13P3. The minimum atomic E-state index is -5.69. The van der Waals surface area contributed by atoms with Crippen molar-refractivity contribution in [3.05, 3.63) is 106 Å². The summed E-state index contributed by atoms with van der Waals surface area (Å²) >= 11 is 3.36. The Bertz CT molecular complexity index is 2190. The molecular weight excluding hydrogens is 759 g/mol. The van der Waals surface area contributed by atoms with E-state index in [2.05, 4.69) is 29.5 Å². The second-order valence-electron chi connectivity index (χ2n) is 10.7. The van der Waals surface area contributed by atoms with Crippen LogP contribution in [-0.2, 0) is 37.7 Å². The van der Waals surface area contributed by atoms with Crippen molar-refractivity contribution < 1.29 is 56.5 Å². The highest BCUT2D eigenvalue weighted by Crippen LogP contribution is 2.68. The number of nitrogens with zero attached hydrogens (tertiary/aromatic N) is 3. The standard InChI is InChI=1S/C28H27BrN3O13P3/c29-20-10-8-18(9-11-20)22-14-32-24(30-22)12-13-31(28(32)35)27-26(34)25(33)23(43-27)15-42-47(38,39)45-48(40,41)44-46(36,37)16-19-6-3-5-17-4-1-2-7-21(17)19/h1-14,23,25-27,33-34H,15-16H2,(H,36,37)(H,38,39)(H,40,41)/t23-,25+,26?,27-/m1/s1. The summed E-state index contributed by atoms with van der Waals surface area (Å²) in [7, 11) is -16.1. The Balaban J connectivity index is 1.10. The van der Waals surface area contributed by atoms with Crippen molar-refractivity contribution in [1.29, 1.82) is 0 Å². The van der Waals surface area contributed by atoms with E-state index in [9.17, 15) is 43.4 Å². The number of aliphatic hydroxyl groups excluding tert-OH is 2. The van der Waals surface area contributed by atoms with E-state index in [0.29, 0.717) is 22.3 Å². The maximum absolute atomic E-state index is 13.3. The topological polar surface area (TPSA) is 229 Å². The van der Waals surface area contributed by atoms with Gasteiger partial charge in [0.2, 0.25) is 0 Å². The van der Waals surface area contributed by atoms with Gasteiger partial charge in [0, 0.05) is 22.4 Å². The van der Waals surface area contributed by atoms with E-state index in [4.69, 9.17) is 9.26 Å². The summed E-state index contributed by atoms with van der Waals surface area (Å²) in [5.74, 6) is 0. The number of imidazole rings is 1. The summed E-state index contributed by atoms with van der Waals surface area (Å²) in [4.78, 5) is 48.2. The van der Waals surface area contributed by atoms with Crippen LogP contribution in [0.15, 0.2) is 94.5 Å². The molecule has 48 heavy (non-hydrogen) atoms. The predicted octanol–water partition coefficient (Wildman–Crippen LogP) is 4.33. The lowest BCUT2D eigenvalue weighted by Gasteiger charge is -2.20. The molecule has 0 radical (unpaired) electrons. The van der Waals surface area contributed by atoms with Crippen molar-refractivity contribution in [3.63, 3.8) is 0 Å². The van der Waals surface area contributed by atoms with Crippen LogP contribution in [0.5, 0.6) is 0 Å². The van der Waals surface area contributed by atoms with Crippen LogP contribution in [0.3, 0.4) is 0 Å². The molecule has 1 saturated heterocycles. The van der Waals surface area contributed by atoms with Gasteiger partial charge in [0.25, 0.3) is 0 Å². The molecule has 0 amide bonds. The fourth-order valence-corrected chi connectivity index (χ4v) is 9.67. The maximum Gasteiger partial charge on any atom is 0.488 e. The molecule has 6 rings (SSSR count). The zero-order chi connectivity index (χ0) is 34.4. The quantitative estimate of drug-likeness (QED) is 0.118. The Morgan fingerprint density at radius 1 is 0.875 bits per heavy atom. The molecule has 254 valence electrons. The summed E-state index contributed by atoms with van der Waals surface area (Å²) in [6.45, 7) is -0.981. The number of ether oxygens (including phenoxy) is 1. The number of aromatic nitrogens is 3. The lowest BCUT2D eigenvalue weighted by molar-refractivity contribution is -0.0542. The minimum absolute atomic E-state index is 0.292. The monoisotopic (exact) mass is 785 g/mol. The Labute approximate surface area is 279 Å². The van der Waals surface area contributed by atoms with Gasteiger partial charge >= 0.3 is 28.9 Å². The summed E-state index contributed by atoms with van der Waals surface area (Å²) in [5.41, 5.74) is 1.14. The highest BCUT2D eigenvalue weighted by Gasteiger charge is 2.47. The molecule has 5 N–H and O–H groups in total. The number of phosphoric ester groups is 1. The van der Waals surface area contributed by atoms with Crippen LogP contribution in [0.1, 0.15) is 11.8 Å². The van der Waals surface area contributed by atoms with E-state index in [1.165, 1.54) is 28.9 Å². The number of hydrogen-bond acceptors (Lipinski definition) is 11. The van der Waals surface area contributed by atoms with Gasteiger partial charge in [0.05, 0.1) is 18.5 Å². The van der Waals surface area contributed by atoms with Gasteiger partial charge in [-0.05, 0) is 34.5 Å². The average Bonchev–Trinajstić information content (AvgIpc) is 3.57. The van der Waals surface area contributed by atoms with Crippen molar-refractivity contribution >= 4 is 55.6 Å². The molecule has 3 heterocycles. The van der Waals surface area contributed by atoms with Crippen LogP contribution < -0.4 is 5.69 Å². The van der Waals surface area contributed by atoms with E-state index in [1.54, 1.807) is 48.5 Å². The molecule has 2 aromatic heterocycles. The second kappa shape index (κ2) is 13.5. The molecule has 1 aliphatic heterocycles. The molecule has 7 atom stereocenters. The fraction of sp³-hybridized carbons (Fsp3) is 0.214. The molecule has 3 aromatic carbocycles. The SMILES string of the molecule is O=c1n([C@@H]2O[C@H](COP(=O)(O)OP(=O)(O)OP(=O)(O)Cc3cccc4ccccc34)[C@H](O)C2O)ccc2nc(-c3ccc(Br)cc3)cn12. The lowest BCUT2D eigenvalue weighted by atomic mass is 10.1. The van der Waals surface area contributed by atoms with Crippen LogP contribution in [0.25, 0.3) is 27.7 Å². The first kappa shape index (κ1) is 35.0. The fourth-order valence-electron chi connectivity index (χ4n) is 5.22. The number of benzene rings is 3. The smallest absolute Gasteiger partial charge is 0.387 e. The molecule has 1 aliphatic rings. The lowest BCUT2D eigenvalue weighted by Crippen LogP contribution is -2.36. The zero-order valence-corrected chi connectivity index (χ0v) is 28.6. The van der Waals surface area contributed by atoms with Crippen molar-refractivity contribution in [2.45, 2.75) is 30.7 Å². The number of aliphatic hydroxyl groups is 2. The molecule has 16 nitrogen and oxygen atoms in total. The van der Waals surface area contributed by atoms with Crippen LogP contribution >= 0.6 is 39.2 Å². The van der Waals surface area contributed by atoms with E-state index < -0.39 is 66.2 Å². The van der Waals surface area contributed by atoms with Crippen molar-refractivity contribution in [2.24, 2.45) is 0 Å². The minimum Gasteiger partial charge on any atom is -0.387 e. The van der Waals surface area contributed by atoms with E-state index in [-0.39, 0.29) is 0 Å². The molecule has 4 unspecified atom stereocenters. The van der Waals surface area contributed by atoms with E-state index in [0.717, 1.165) is 20.0 Å². The van der Waals surface area contributed by atoms with Crippen molar-refractivity contribution in [3.8, 4) is 11.3 Å². The third-order valence-corrected chi connectivity index (χ3v) is 12.6. The van der Waals surface area contributed by atoms with Gasteiger partial charge in [-0.2, -0.15) is 4.31 Å². The van der Waals surface area contributed by atoms with Crippen molar-refractivity contribution in [1.82, 2.24) is 14.0 Å². The van der Waals surface area contributed by atoms with Gasteiger partial charge in [-0.3, -0.25) is 18.1 Å². The highest BCUT2D eigenvalue weighted by atomic mass is 79.9. The predicted molar refractivity (Wildman–Crippen MR) is 174 cm³/mol. The van der Waals surface area contributed by atoms with Gasteiger partial charge in [0.15, 0.2) is 6.23 Å². The van der Waals surface area contributed by atoms with E-state index in [1.807, 2.05) is 12.1 Å². The molecule has 0 aliphatic carbocycles. The molecule has 0 saturated carbocycles. The summed E-state index contributed by atoms with van der Waals surface area (Å²) in [5, 5.41) is 22.5. The van der Waals surface area contributed by atoms with Gasteiger partial charge in [0.1, 0.15) is 24.0 Å². The molecule has 0 bridgehead atoms. The Kier molecular flexibility index (Phi) is 9.81. The van der Waals surface area contributed by atoms with E-state index >= 15 is 0 Å². The second-order valence-corrected chi connectivity index (χ2v) is 16.7. The van der Waals surface area contributed by atoms with Gasteiger partial charge < -0.3 is 29.6 Å². The highest BCUT2D eigenvalue weighted by molar-refractivity contribution is 9.10. The Hall–Kier alpha value is -2.85. The average molecular weight is 786 g/mol. The van der Waals surface area contributed by atoms with Crippen LogP contribution in [0, 0.1) is 0 Å². The van der Waals surface area contributed by atoms with Gasteiger partial charge in [-0.25, -0.2) is 23.2 Å². The number of fused-ring (bicyclic) bond motifs is 2. The normalized spacial score (nSPS) is 23.5. The number of halogens is 1. The number of rotatable bonds is 11. The summed E-state index contributed by atoms with van der Waals surface area (Å²) in [6.07, 6.45) is -4.45. The Morgan fingerprint density at radius 3 is 2.33 bits per heavy atom. The first-order chi connectivity index (χ1) is 22.6. The zero-order valence-electron chi connectivity index (χ0n) is 24.4. The maximum atomic E-state index is 13.3.